The van der Waals surface area contributed by atoms with E-state index >= 15 is 0 Å². The number of methoxy groups -OCH3 is 2. The van der Waals surface area contributed by atoms with Gasteiger partial charge >= 0.3 is 6.01 Å². The number of hydrogen-bond donors (Lipinski definition) is 1. The number of nitro groups is 1. The molecule has 0 unspecified atom stereocenters. The Labute approximate surface area is 159 Å². The second-order valence-electron chi connectivity index (χ2n) is 5.60. The van der Waals surface area contributed by atoms with Crippen molar-refractivity contribution in [3.05, 3.63) is 69.6 Å². The predicted octanol–water partition coefficient (Wildman–Crippen LogP) is 2.84. The van der Waals surface area contributed by atoms with E-state index in [0.717, 1.165) is 11.6 Å². The average molecular weight is 384 g/mol. The van der Waals surface area contributed by atoms with Crippen molar-refractivity contribution < 1.29 is 23.6 Å². The van der Waals surface area contributed by atoms with Crippen molar-refractivity contribution >= 4 is 17.6 Å². The van der Waals surface area contributed by atoms with Gasteiger partial charge in [-0.3, -0.25) is 20.2 Å². The van der Waals surface area contributed by atoms with E-state index in [-0.39, 0.29) is 23.1 Å². The van der Waals surface area contributed by atoms with Crippen LogP contribution in [0, 0.1) is 10.1 Å². The number of anilines is 1. The smallest absolute Gasteiger partial charge is 0.322 e. The first-order valence-electron chi connectivity index (χ1n) is 8.10. The molecule has 1 heterocycles. The highest BCUT2D eigenvalue weighted by Gasteiger charge is 2.25. The number of nitro benzene ring substituents is 1. The lowest BCUT2D eigenvalue weighted by molar-refractivity contribution is -0.385. The van der Waals surface area contributed by atoms with E-state index in [9.17, 15) is 14.9 Å². The molecule has 0 saturated carbocycles. The van der Waals surface area contributed by atoms with Crippen LogP contribution < -0.4 is 14.8 Å². The second-order valence-corrected chi connectivity index (χ2v) is 5.60. The minimum Gasteiger partial charge on any atom is -0.493 e. The number of carbonyl (C=O) groups excluding carboxylic acids is 1. The summed E-state index contributed by atoms with van der Waals surface area (Å²) in [4.78, 5) is 23.2. The topological polar surface area (TPSA) is 130 Å². The lowest BCUT2D eigenvalue weighted by atomic mass is 10.1. The molecular formula is C18H16N4O6. The second kappa shape index (κ2) is 8.16. The fraction of sp³-hybridized carbons (Fsp3) is 0.167. The summed E-state index contributed by atoms with van der Waals surface area (Å²) < 4.78 is 15.5. The number of amides is 1. The van der Waals surface area contributed by atoms with Crippen molar-refractivity contribution in [3.63, 3.8) is 0 Å². The molecule has 28 heavy (non-hydrogen) atoms. The number of aromatic nitrogens is 2. The largest absolute Gasteiger partial charge is 0.493 e. The minimum atomic E-state index is -0.789. The molecule has 0 aliphatic heterocycles. The molecule has 0 aliphatic rings. The van der Waals surface area contributed by atoms with E-state index < -0.39 is 16.5 Å². The molecule has 3 aromatic rings. The Balaban J connectivity index is 1.82. The van der Waals surface area contributed by atoms with Crippen LogP contribution in [0.1, 0.15) is 21.8 Å². The fourth-order valence-electron chi connectivity index (χ4n) is 2.51. The van der Waals surface area contributed by atoms with Gasteiger partial charge < -0.3 is 13.9 Å². The summed E-state index contributed by atoms with van der Waals surface area (Å²) in [6, 6.07) is 11.6. The quantitative estimate of drug-likeness (QED) is 0.486. The van der Waals surface area contributed by atoms with Gasteiger partial charge in [0.2, 0.25) is 5.89 Å². The van der Waals surface area contributed by atoms with E-state index in [1.807, 2.05) is 30.3 Å². The Morgan fingerprint density at radius 3 is 2.46 bits per heavy atom. The van der Waals surface area contributed by atoms with Crippen molar-refractivity contribution in [2.45, 2.75) is 6.42 Å². The van der Waals surface area contributed by atoms with E-state index in [1.54, 1.807) is 0 Å². The first-order chi connectivity index (χ1) is 13.5. The number of benzene rings is 2. The maximum absolute atomic E-state index is 12.5. The van der Waals surface area contributed by atoms with Gasteiger partial charge in [-0.1, -0.05) is 35.4 Å². The van der Waals surface area contributed by atoms with Gasteiger partial charge in [-0.05, 0) is 5.56 Å². The van der Waals surface area contributed by atoms with Gasteiger partial charge in [-0.15, -0.1) is 5.10 Å². The third-order valence-corrected chi connectivity index (χ3v) is 3.83. The molecule has 1 aromatic heterocycles. The monoisotopic (exact) mass is 384 g/mol. The zero-order valence-electron chi connectivity index (χ0n) is 15.0. The van der Waals surface area contributed by atoms with Gasteiger partial charge in [0.25, 0.3) is 11.6 Å². The summed E-state index contributed by atoms with van der Waals surface area (Å²) in [5.41, 5.74) is 0.282. The van der Waals surface area contributed by atoms with Crippen LogP contribution in [-0.4, -0.2) is 35.2 Å². The van der Waals surface area contributed by atoms with Crippen LogP contribution in [0.4, 0.5) is 11.7 Å². The summed E-state index contributed by atoms with van der Waals surface area (Å²) >= 11 is 0. The zero-order valence-corrected chi connectivity index (χ0v) is 15.0. The molecule has 144 valence electrons. The molecule has 0 bridgehead atoms. The number of hydrogen-bond acceptors (Lipinski definition) is 8. The Morgan fingerprint density at radius 2 is 1.82 bits per heavy atom. The molecule has 1 N–H and O–H groups in total. The molecule has 0 spiro atoms. The number of nitrogens with zero attached hydrogens (tertiary/aromatic N) is 3. The highest BCUT2D eigenvalue weighted by atomic mass is 16.6. The van der Waals surface area contributed by atoms with Crippen LogP contribution >= 0.6 is 0 Å². The molecule has 2 aromatic carbocycles. The zero-order chi connectivity index (χ0) is 20.1. The number of ether oxygens (including phenoxy) is 2. The Kier molecular flexibility index (Phi) is 5.49. The molecule has 0 atom stereocenters. The Bertz CT molecular complexity index is 1000. The van der Waals surface area contributed by atoms with E-state index in [4.69, 9.17) is 13.9 Å². The van der Waals surface area contributed by atoms with Crippen LogP contribution in [0.15, 0.2) is 46.9 Å². The summed E-state index contributed by atoms with van der Waals surface area (Å²) in [6.45, 7) is 0. The van der Waals surface area contributed by atoms with Crippen molar-refractivity contribution in [1.82, 2.24) is 10.2 Å². The number of carbonyl (C=O) groups is 1. The number of nitrogens with one attached hydrogen (secondary N) is 1. The van der Waals surface area contributed by atoms with Crippen LogP contribution in [0.5, 0.6) is 11.5 Å². The normalized spacial score (nSPS) is 10.4. The van der Waals surface area contributed by atoms with E-state index in [0.29, 0.717) is 12.3 Å². The van der Waals surface area contributed by atoms with Crippen molar-refractivity contribution in [3.8, 4) is 11.5 Å². The summed E-state index contributed by atoms with van der Waals surface area (Å²) in [5, 5.41) is 21.3. The van der Waals surface area contributed by atoms with E-state index in [1.165, 1.54) is 20.3 Å². The predicted molar refractivity (Wildman–Crippen MR) is 97.7 cm³/mol. The highest BCUT2D eigenvalue weighted by molar-refractivity contribution is 6.06. The first kappa shape index (κ1) is 18.8. The Hall–Kier alpha value is -3.95. The van der Waals surface area contributed by atoms with Crippen LogP contribution in [0.25, 0.3) is 0 Å². The van der Waals surface area contributed by atoms with E-state index in [2.05, 4.69) is 15.5 Å². The van der Waals surface area contributed by atoms with Crippen LogP contribution in [-0.2, 0) is 6.42 Å². The molecule has 0 fully saturated rings. The summed E-state index contributed by atoms with van der Waals surface area (Å²) in [6.07, 6.45) is 0.389. The Morgan fingerprint density at radius 1 is 1.14 bits per heavy atom. The standard InChI is InChI=1S/C18H16N4O6/c1-26-14-9-12(13(22(24)25)10-15(14)27-2)17(23)19-18-21-20-16(28-18)8-11-6-4-3-5-7-11/h3-7,9-10H,8H2,1-2H3,(H,19,21,23). The van der Waals surface area contributed by atoms with Gasteiger partial charge in [0.05, 0.1) is 31.6 Å². The van der Waals surface area contributed by atoms with Crippen LogP contribution in [0.2, 0.25) is 0 Å². The van der Waals surface area contributed by atoms with Gasteiger partial charge in [-0.2, -0.15) is 0 Å². The molecule has 1 amide bonds. The van der Waals surface area contributed by atoms with Crippen molar-refractivity contribution in [2.24, 2.45) is 0 Å². The lowest BCUT2D eigenvalue weighted by Crippen LogP contribution is -2.14. The molecule has 10 heteroatoms. The number of rotatable bonds is 7. The van der Waals surface area contributed by atoms with Gasteiger partial charge in [0.15, 0.2) is 11.5 Å². The third kappa shape index (κ3) is 4.06. The highest BCUT2D eigenvalue weighted by Crippen LogP contribution is 2.34. The van der Waals surface area contributed by atoms with Gasteiger partial charge in [0.1, 0.15) is 5.56 Å². The molecule has 10 nitrogen and oxygen atoms in total. The lowest BCUT2D eigenvalue weighted by Gasteiger charge is -2.09. The van der Waals surface area contributed by atoms with Gasteiger partial charge in [0, 0.05) is 6.07 Å². The van der Waals surface area contributed by atoms with Crippen molar-refractivity contribution in [1.29, 1.82) is 0 Å². The van der Waals surface area contributed by atoms with Crippen molar-refractivity contribution in [2.75, 3.05) is 19.5 Å². The average Bonchev–Trinajstić information content (AvgIpc) is 3.14. The molecule has 0 saturated heterocycles. The summed E-state index contributed by atoms with van der Waals surface area (Å²) in [7, 11) is 2.70. The molecular weight excluding hydrogens is 368 g/mol. The summed E-state index contributed by atoms with van der Waals surface area (Å²) in [5.74, 6) is -0.187. The maximum Gasteiger partial charge on any atom is 0.322 e. The fourth-order valence-corrected chi connectivity index (χ4v) is 2.51. The molecule has 0 aliphatic carbocycles. The minimum absolute atomic E-state index is 0.133. The first-order valence-corrected chi connectivity index (χ1v) is 8.10. The SMILES string of the molecule is COc1cc(C(=O)Nc2nnc(Cc3ccccc3)o2)c([N+](=O)[O-])cc1OC. The molecule has 3 rings (SSSR count). The van der Waals surface area contributed by atoms with Gasteiger partial charge in [-0.25, -0.2) is 0 Å². The third-order valence-electron chi connectivity index (χ3n) is 3.83. The maximum atomic E-state index is 12.5. The van der Waals surface area contributed by atoms with Crippen LogP contribution in [0.3, 0.4) is 0 Å². The molecule has 0 radical (unpaired) electrons.